The van der Waals surface area contributed by atoms with Gasteiger partial charge in [0.2, 0.25) is 18.5 Å². The van der Waals surface area contributed by atoms with Crippen molar-refractivity contribution in [2.24, 2.45) is 0 Å². The average Bonchev–Trinajstić information content (AvgIpc) is 3.39. The molecule has 2 aromatic heterocycles. The molecule has 0 unspecified atom stereocenters. The Kier molecular flexibility index (Phi) is 4.05. The second-order valence-electron chi connectivity index (χ2n) is 6.30. The van der Waals surface area contributed by atoms with Gasteiger partial charge in [0.25, 0.3) is 5.56 Å². The average molecular weight is 392 g/mol. The molecule has 0 N–H and O–H groups in total. The zero-order valence-electron chi connectivity index (χ0n) is 14.9. The molecule has 9 heteroatoms. The van der Waals surface area contributed by atoms with Gasteiger partial charge in [-0.25, -0.2) is 9.07 Å². The summed E-state index contributed by atoms with van der Waals surface area (Å²) >= 11 is 0. The summed E-state index contributed by atoms with van der Waals surface area (Å²) in [7, 11) is 0. The van der Waals surface area contributed by atoms with Crippen LogP contribution in [-0.4, -0.2) is 26.7 Å². The van der Waals surface area contributed by atoms with E-state index in [0.717, 1.165) is 5.56 Å². The van der Waals surface area contributed by atoms with Crippen LogP contribution < -0.4 is 15.0 Å². The van der Waals surface area contributed by atoms with Crippen LogP contribution in [0.5, 0.6) is 11.5 Å². The fourth-order valence-corrected chi connectivity index (χ4v) is 2.94. The lowest BCUT2D eigenvalue weighted by Crippen LogP contribution is -2.23. The van der Waals surface area contributed by atoms with Crippen molar-refractivity contribution in [2.45, 2.75) is 6.54 Å². The van der Waals surface area contributed by atoms with Gasteiger partial charge in [0.05, 0.1) is 5.69 Å². The predicted octanol–water partition coefficient (Wildman–Crippen LogP) is 2.88. The number of fused-ring (bicyclic) bond motifs is 1. The molecule has 0 fully saturated rings. The number of ether oxygens (including phenoxy) is 2. The Labute approximate surface area is 163 Å². The molecule has 1 aliphatic heterocycles. The maximum Gasteiger partial charge on any atom is 0.267 e. The molecule has 2 aromatic carbocycles. The van der Waals surface area contributed by atoms with Crippen molar-refractivity contribution in [3.8, 4) is 34.1 Å². The molecule has 1 aliphatic rings. The lowest BCUT2D eigenvalue weighted by Gasteiger charge is -2.06. The van der Waals surface area contributed by atoms with E-state index in [0.29, 0.717) is 28.6 Å². The van der Waals surface area contributed by atoms with Gasteiger partial charge in [-0.2, -0.15) is 10.1 Å². The number of hydrogen-bond donors (Lipinski definition) is 0. The van der Waals surface area contributed by atoms with Crippen molar-refractivity contribution >= 4 is 0 Å². The summed E-state index contributed by atoms with van der Waals surface area (Å²) in [5, 5.41) is 8.27. The minimum atomic E-state index is -0.353. The summed E-state index contributed by atoms with van der Waals surface area (Å²) in [6, 6.07) is 14.2. The topological polar surface area (TPSA) is 92.3 Å². The largest absolute Gasteiger partial charge is 0.454 e. The lowest BCUT2D eigenvalue weighted by molar-refractivity contribution is 0.174. The van der Waals surface area contributed by atoms with Crippen LogP contribution in [0.2, 0.25) is 0 Å². The molecule has 4 aromatic rings. The number of rotatable bonds is 4. The van der Waals surface area contributed by atoms with Crippen LogP contribution in [0.4, 0.5) is 4.39 Å². The zero-order valence-corrected chi connectivity index (χ0v) is 14.9. The summed E-state index contributed by atoms with van der Waals surface area (Å²) in [5.74, 6) is 1.46. The SMILES string of the molecule is O=c1ccc(-c2ccc3c(c2)OCO3)nn1Cc1nc(-c2ccc(F)cc2)no1. The lowest BCUT2D eigenvalue weighted by atomic mass is 10.1. The van der Waals surface area contributed by atoms with Crippen molar-refractivity contribution < 1.29 is 18.4 Å². The molecule has 0 aliphatic carbocycles. The van der Waals surface area contributed by atoms with E-state index in [1.54, 1.807) is 30.3 Å². The normalized spacial score (nSPS) is 12.3. The van der Waals surface area contributed by atoms with E-state index in [4.69, 9.17) is 14.0 Å². The maximum absolute atomic E-state index is 13.1. The van der Waals surface area contributed by atoms with Gasteiger partial charge in [-0.3, -0.25) is 4.79 Å². The molecule has 0 saturated heterocycles. The van der Waals surface area contributed by atoms with E-state index >= 15 is 0 Å². The monoisotopic (exact) mass is 392 g/mol. The van der Waals surface area contributed by atoms with Crippen molar-refractivity contribution in [1.29, 1.82) is 0 Å². The Morgan fingerprint density at radius 3 is 2.62 bits per heavy atom. The van der Waals surface area contributed by atoms with Crippen LogP contribution in [-0.2, 0) is 6.54 Å². The van der Waals surface area contributed by atoms with Crippen LogP contribution in [0, 0.1) is 5.82 Å². The fourth-order valence-electron chi connectivity index (χ4n) is 2.94. The quantitative estimate of drug-likeness (QED) is 0.527. The Morgan fingerprint density at radius 1 is 0.966 bits per heavy atom. The first-order chi connectivity index (χ1) is 14.2. The third-order valence-corrected chi connectivity index (χ3v) is 4.39. The van der Waals surface area contributed by atoms with E-state index in [9.17, 15) is 9.18 Å². The fraction of sp³-hybridized carbons (Fsp3) is 0.100. The smallest absolute Gasteiger partial charge is 0.267 e. The molecule has 0 radical (unpaired) electrons. The van der Waals surface area contributed by atoms with E-state index in [-0.39, 0.29) is 30.6 Å². The highest BCUT2D eigenvalue weighted by Crippen LogP contribution is 2.35. The molecule has 5 rings (SSSR count). The third-order valence-electron chi connectivity index (χ3n) is 4.39. The highest BCUT2D eigenvalue weighted by atomic mass is 19.1. The van der Waals surface area contributed by atoms with Gasteiger partial charge in [0, 0.05) is 17.2 Å². The number of halogens is 1. The Bertz CT molecular complexity index is 1250. The van der Waals surface area contributed by atoms with E-state index < -0.39 is 0 Å². The molecule has 144 valence electrons. The highest BCUT2D eigenvalue weighted by molar-refractivity contribution is 5.63. The van der Waals surface area contributed by atoms with Gasteiger partial charge in [-0.1, -0.05) is 5.16 Å². The van der Waals surface area contributed by atoms with Crippen LogP contribution >= 0.6 is 0 Å². The Morgan fingerprint density at radius 2 is 1.76 bits per heavy atom. The first-order valence-electron chi connectivity index (χ1n) is 8.72. The van der Waals surface area contributed by atoms with Gasteiger partial charge < -0.3 is 14.0 Å². The summed E-state index contributed by atoms with van der Waals surface area (Å²) in [6.07, 6.45) is 0. The van der Waals surface area contributed by atoms with Gasteiger partial charge in [-0.15, -0.1) is 0 Å². The van der Waals surface area contributed by atoms with Gasteiger partial charge in [0.15, 0.2) is 11.5 Å². The predicted molar refractivity (Wildman–Crippen MR) is 98.9 cm³/mol. The van der Waals surface area contributed by atoms with Crippen molar-refractivity contribution in [1.82, 2.24) is 19.9 Å². The van der Waals surface area contributed by atoms with Crippen molar-refractivity contribution in [3.05, 3.63) is 76.7 Å². The number of nitrogens with zero attached hydrogens (tertiary/aromatic N) is 4. The molecule has 0 saturated carbocycles. The standard InChI is InChI=1S/C20H13FN4O4/c21-14-4-1-12(2-5-14)20-22-18(29-24-20)10-25-19(26)8-6-15(23-25)13-3-7-16-17(9-13)28-11-27-16/h1-9H,10-11H2. The molecule has 8 nitrogen and oxygen atoms in total. The second-order valence-corrected chi connectivity index (χ2v) is 6.30. The van der Waals surface area contributed by atoms with Crippen LogP contribution in [0.15, 0.2) is 63.9 Å². The van der Waals surface area contributed by atoms with E-state index in [1.165, 1.54) is 22.9 Å². The number of hydrogen-bond acceptors (Lipinski definition) is 7. The van der Waals surface area contributed by atoms with E-state index in [2.05, 4.69) is 15.2 Å². The Hall–Kier alpha value is -4.01. The first-order valence-corrected chi connectivity index (χ1v) is 8.72. The maximum atomic E-state index is 13.1. The summed E-state index contributed by atoms with van der Waals surface area (Å²) in [6.45, 7) is 0.185. The first kappa shape index (κ1) is 17.1. The third kappa shape index (κ3) is 3.33. The highest BCUT2D eigenvalue weighted by Gasteiger charge is 2.16. The molecule has 0 atom stereocenters. The van der Waals surface area contributed by atoms with Gasteiger partial charge >= 0.3 is 0 Å². The number of aromatic nitrogens is 4. The minimum Gasteiger partial charge on any atom is -0.454 e. The zero-order chi connectivity index (χ0) is 19.8. The molecule has 0 bridgehead atoms. The van der Waals surface area contributed by atoms with Crippen molar-refractivity contribution in [2.75, 3.05) is 6.79 Å². The van der Waals surface area contributed by atoms with Crippen molar-refractivity contribution in [3.63, 3.8) is 0 Å². The van der Waals surface area contributed by atoms with Gasteiger partial charge in [-0.05, 0) is 48.5 Å². The van der Waals surface area contributed by atoms with Crippen LogP contribution in [0.1, 0.15) is 5.89 Å². The van der Waals surface area contributed by atoms with E-state index in [1.807, 2.05) is 6.07 Å². The molecular formula is C20H13FN4O4. The number of benzene rings is 2. The summed E-state index contributed by atoms with van der Waals surface area (Å²) < 4.78 is 30.2. The minimum absolute atomic E-state index is 0.00538. The molecule has 0 amide bonds. The van der Waals surface area contributed by atoms with Crippen LogP contribution in [0.25, 0.3) is 22.6 Å². The molecular weight excluding hydrogens is 379 g/mol. The van der Waals surface area contributed by atoms with Crippen LogP contribution in [0.3, 0.4) is 0 Å². The Balaban J connectivity index is 1.43. The van der Waals surface area contributed by atoms with Gasteiger partial charge in [0.1, 0.15) is 12.4 Å². The second kappa shape index (κ2) is 6.86. The summed E-state index contributed by atoms with van der Waals surface area (Å²) in [4.78, 5) is 16.5. The molecule has 3 heterocycles. The molecule has 29 heavy (non-hydrogen) atoms. The molecule has 0 spiro atoms. The summed E-state index contributed by atoms with van der Waals surface area (Å²) in [5.41, 5.74) is 1.66.